The number of sulfonamides is 1. The number of carbonyl (C=O) groups excluding carboxylic acids is 1. The van der Waals surface area contributed by atoms with Crippen molar-refractivity contribution in [2.24, 2.45) is 0 Å². The van der Waals surface area contributed by atoms with Gasteiger partial charge in [-0.3, -0.25) is 4.79 Å². The van der Waals surface area contributed by atoms with Crippen molar-refractivity contribution in [1.29, 1.82) is 0 Å². The number of benzene rings is 1. The van der Waals surface area contributed by atoms with Gasteiger partial charge in [-0.15, -0.1) is 0 Å². The van der Waals surface area contributed by atoms with Gasteiger partial charge < -0.3 is 4.57 Å². The van der Waals surface area contributed by atoms with Crippen LogP contribution in [0.5, 0.6) is 0 Å². The van der Waals surface area contributed by atoms with Crippen LogP contribution in [-0.2, 0) is 21.4 Å². The molecule has 1 heterocycles. The van der Waals surface area contributed by atoms with Crippen LogP contribution in [0.25, 0.3) is 11.0 Å². The average molecular weight is 398 g/mol. The fourth-order valence-corrected chi connectivity index (χ4v) is 4.46. The Kier molecular flexibility index (Phi) is 7.67. The number of imidazole rings is 1. The predicted octanol–water partition coefficient (Wildman–Crippen LogP) is 3.60. The Bertz CT molecular complexity index is 860. The van der Waals surface area contributed by atoms with Gasteiger partial charge >= 0.3 is 0 Å². The molecule has 0 radical (unpaired) electrons. The lowest BCUT2D eigenvalue weighted by Crippen LogP contribution is -2.24. The molecule has 0 atom stereocenters. The molecule has 2 rings (SSSR count). The highest BCUT2D eigenvalue weighted by molar-refractivity contribution is 7.99. The second-order valence-electron chi connectivity index (χ2n) is 6.29. The summed E-state index contributed by atoms with van der Waals surface area (Å²) in [5.41, 5.74) is 1.54. The largest absolute Gasteiger partial charge is 0.319 e. The maximum absolute atomic E-state index is 12.4. The Morgan fingerprint density at radius 3 is 2.62 bits per heavy atom. The summed E-state index contributed by atoms with van der Waals surface area (Å²) < 4.78 is 29.6. The summed E-state index contributed by atoms with van der Waals surface area (Å²) in [5.74, 6) is 0.451. The number of carbonyl (C=O) groups is 1. The summed E-state index contributed by atoms with van der Waals surface area (Å²) >= 11 is 1.40. The standard InChI is InChI=1S/C18H27N3O3S2/c1-4-6-10-19-26(23,24)15-8-9-17-16(12-15)20-18(25-13-14(3)22)21(17)11-7-5-2/h8-9,12,19H,4-7,10-11,13H2,1-3H3. The summed E-state index contributed by atoms with van der Waals surface area (Å²) in [4.78, 5) is 16.1. The summed E-state index contributed by atoms with van der Waals surface area (Å²) in [6.45, 7) is 6.92. The number of hydrogen-bond donors (Lipinski definition) is 1. The van der Waals surface area contributed by atoms with E-state index in [4.69, 9.17) is 0 Å². The molecule has 0 spiro atoms. The number of rotatable bonds is 11. The summed E-state index contributed by atoms with van der Waals surface area (Å²) in [6, 6.07) is 5.05. The lowest BCUT2D eigenvalue weighted by molar-refractivity contribution is -0.114. The number of fused-ring (bicyclic) bond motifs is 1. The van der Waals surface area contributed by atoms with Crippen LogP contribution in [0.3, 0.4) is 0 Å². The predicted molar refractivity (Wildman–Crippen MR) is 106 cm³/mol. The minimum Gasteiger partial charge on any atom is -0.319 e. The molecule has 144 valence electrons. The van der Waals surface area contributed by atoms with Crippen molar-refractivity contribution in [3.05, 3.63) is 18.2 Å². The topological polar surface area (TPSA) is 81.1 Å². The molecule has 0 unspecified atom stereocenters. The molecule has 8 heteroatoms. The van der Waals surface area contributed by atoms with Crippen molar-refractivity contribution >= 4 is 38.6 Å². The van der Waals surface area contributed by atoms with E-state index in [-0.39, 0.29) is 10.7 Å². The third-order valence-electron chi connectivity index (χ3n) is 3.96. The van der Waals surface area contributed by atoms with Gasteiger partial charge in [-0.25, -0.2) is 18.1 Å². The highest BCUT2D eigenvalue weighted by atomic mass is 32.2. The van der Waals surface area contributed by atoms with Gasteiger partial charge in [0.05, 0.1) is 21.7 Å². The molecule has 0 bridgehead atoms. The third kappa shape index (κ3) is 5.31. The molecule has 26 heavy (non-hydrogen) atoms. The lowest BCUT2D eigenvalue weighted by Gasteiger charge is -2.08. The molecule has 0 aliphatic carbocycles. The van der Waals surface area contributed by atoms with Crippen LogP contribution in [-0.4, -0.2) is 36.0 Å². The molecular weight excluding hydrogens is 370 g/mol. The molecule has 6 nitrogen and oxygen atoms in total. The number of aromatic nitrogens is 2. The average Bonchev–Trinajstić information content (AvgIpc) is 2.95. The Hall–Kier alpha value is -1.38. The van der Waals surface area contributed by atoms with E-state index in [1.165, 1.54) is 11.8 Å². The first-order valence-corrected chi connectivity index (χ1v) is 11.5. The molecule has 1 aromatic heterocycles. The molecule has 1 aromatic carbocycles. The van der Waals surface area contributed by atoms with E-state index in [9.17, 15) is 13.2 Å². The van der Waals surface area contributed by atoms with Crippen LogP contribution < -0.4 is 4.72 Å². The fourth-order valence-electron chi connectivity index (χ4n) is 2.53. The summed E-state index contributed by atoms with van der Waals surface area (Å²) in [6.07, 6.45) is 3.78. The van der Waals surface area contributed by atoms with Crippen molar-refractivity contribution in [1.82, 2.24) is 14.3 Å². The maximum atomic E-state index is 12.4. The number of Topliss-reactive ketones (excluding diaryl/α,β-unsaturated/α-hetero) is 1. The molecule has 2 aromatic rings. The van der Waals surface area contributed by atoms with Gasteiger partial charge in [-0.05, 0) is 38.0 Å². The maximum Gasteiger partial charge on any atom is 0.240 e. The van der Waals surface area contributed by atoms with E-state index in [1.54, 1.807) is 19.1 Å². The number of nitrogens with zero attached hydrogens (tertiary/aromatic N) is 2. The Morgan fingerprint density at radius 1 is 1.23 bits per heavy atom. The SMILES string of the molecule is CCCCNS(=O)(=O)c1ccc2c(c1)nc(SCC(C)=O)n2CCCC. The minimum atomic E-state index is -3.53. The van der Waals surface area contributed by atoms with E-state index in [0.29, 0.717) is 17.8 Å². The van der Waals surface area contributed by atoms with Crippen LogP contribution in [0, 0.1) is 0 Å². The van der Waals surface area contributed by atoms with Gasteiger partial charge in [0, 0.05) is 13.1 Å². The highest BCUT2D eigenvalue weighted by Gasteiger charge is 2.17. The van der Waals surface area contributed by atoms with Crippen LogP contribution in [0.15, 0.2) is 28.3 Å². The molecular formula is C18H27N3O3S2. The van der Waals surface area contributed by atoms with Crippen LogP contribution in [0.2, 0.25) is 0 Å². The monoisotopic (exact) mass is 397 g/mol. The van der Waals surface area contributed by atoms with Gasteiger partial charge in [-0.1, -0.05) is 38.5 Å². The fraction of sp³-hybridized carbons (Fsp3) is 0.556. The molecule has 0 saturated carbocycles. The van der Waals surface area contributed by atoms with Crippen LogP contribution in [0.1, 0.15) is 46.5 Å². The smallest absolute Gasteiger partial charge is 0.240 e. The van der Waals surface area contributed by atoms with Crippen molar-refractivity contribution in [3.8, 4) is 0 Å². The number of aryl methyl sites for hydroxylation is 1. The Balaban J connectivity index is 2.37. The van der Waals surface area contributed by atoms with E-state index in [1.807, 2.05) is 13.0 Å². The van der Waals surface area contributed by atoms with Gasteiger partial charge in [0.15, 0.2) is 5.16 Å². The molecule has 0 aliphatic rings. The van der Waals surface area contributed by atoms with E-state index >= 15 is 0 Å². The Morgan fingerprint density at radius 2 is 1.96 bits per heavy atom. The zero-order valence-electron chi connectivity index (χ0n) is 15.6. The zero-order chi connectivity index (χ0) is 19.2. The van der Waals surface area contributed by atoms with E-state index in [2.05, 4.69) is 21.2 Å². The first kappa shape index (κ1) is 20.9. The molecule has 1 N–H and O–H groups in total. The second kappa shape index (κ2) is 9.53. The molecule has 0 fully saturated rings. The van der Waals surface area contributed by atoms with Crippen molar-refractivity contribution in [2.75, 3.05) is 12.3 Å². The first-order chi connectivity index (χ1) is 12.4. The molecule has 0 saturated heterocycles. The van der Waals surface area contributed by atoms with Crippen LogP contribution in [0.4, 0.5) is 0 Å². The van der Waals surface area contributed by atoms with Gasteiger partial charge in [-0.2, -0.15) is 0 Å². The summed E-state index contributed by atoms with van der Waals surface area (Å²) in [5, 5.41) is 0.761. The third-order valence-corrected chi connectivity index (χ3v) is 6.54. The number of thioether (sulfide) groups is 1. The Labute approximate surface area is 159 Å². The van der Waals surface area contributed by atoms with E-state index < -0.39 is 10.0 Å². The number of ketones is 1. The van der Waals surface area contributed by atoms with Gasteiger partial charge in [0.2, 0.25) is 10.0 Å². The quantitative estimate of drug-likeness (QED) is 0.463. The minimum absolute atomic E-state index is 0.0903. The number of nitrogens with one attached hydrogen (secondary N) is 1. The van der Waals surface area contributed by atoms with Gasteiger partial charge in [0.25, 0.3) is 0 Å². The van der Waals surface area contributed by atoms with Crippen molar-refractivity contribution in [2.45, 2.75) is 63.1 Å². The lowest BCUT2D eigenvalue weighted by atomic mass is 10.3. The van der Waals surface area contributed by atoms with Gasteiger partial charge in [0.1, 0.15) is 5.78 Å². The number of hydrogen-bond acceptors (Lipinski definition) is 5. The number of unbranched alkanes of at least 4 members (excludes halogenated alkanes) is 2. The zero-order valence-corrected chi connectivity index (χ0v) is 17.3. The van der Waals surface area contributed by atoms with E-state index in [0.717, 1.165) is 42.9 Å². The second-order valence-corrected chi connectivity index (χ2v) is 9.00. The summed E-state index contributed by atoms with van der Waals surface area (Å²) in [7, 11) is -3.53. The van der Waals surface area contributed by atoms with Crippen LogP contribution >= 0.6 is 11.8 Å². The first-order valence-electron chi connectivity index (χ1n) is 9.01. The highest BCUT2D eigenvalue weighted by Crippen LogP contribution is 2.26. The normalized spacial score (nSPS) is 12.0. The molecule has 0 aliphatic heterocycles. The van der Waals surface area contributed by atoms with Crippen molar-refractivity contribution < 1.29 is 13.2 Å². The van der Waals surface area contributed by atoms with Crippen molar-refractivity contribution in [3.63, 3.8) is 0 Å². The molecule has 0 amide bonds.